The minimum absolute atomic E-state index is 0.0399. The minimum atomic E-state index is -2.97. The summed E-state index contributed by atoms with van der Waals surface area (Å²) in [5.41, 5.74) is -0.0399. The van der Waals surface area contributed by atoms with Gasteiger partial charge in [0.05, 0.1) is 18.1 Å². The predicted octanol–water partition coefficient (Wildman–Crippen LogP) is 0.606. The summed E-state index contributed by atoms with van der Waals surface area (Å²) >= 11 is 0. The van der Waals surface area contributed by atoms with Gasteiger partial charge in [0, 0.05) is 12.6 Å². The molecule has 0 aromatic carbocycles. The van der Waals surface area contributed by atoms with Gasteiger partial charge in [0.15, 0.2) is 9.84 Å². The monoisotopic (exact) mass is 263 g/mol. The molecule has 1 atom stereocenters. The molecule has 0 amide bonds. The third-order valence-electron chi connectivity index (χ3n) is 2.74. The molecule has 0 radical (unpaired) electrons. The van der Waals surface area contributed by atoms with Gasteiger partial charge < -0.3 is 5.11 Å². The second kappa shape index (κ2) is 4.94. The van der Waals surface area contributed by atoms with Gasteiger partial charge in [0.2, 0.25) is 0 Å². The van der Waals surface area contributed by atoms with Gasteiger partial charge in [-0.2, -0.15) is 0 Å². The first-order valence-electron chi connectivity index (χ1n) is 5.75. The van der Waals surface area contributed by atoms with E-state index in [-0.39, 0.29) is 29.5 Å². The number of sulfone groups is 1. The summed E-state index contributed by atoms with van der Waals surface area (Å²) in [4.78, 5) is 12.6. The summed E-state index contributed by atoms with van der Waals surface area (Å²) in [6.45, 7) is 6.57. The van der Waals surface area contributed by atoms with Gasteiger partial charge in [-0.15, -0.1) is 0 Å². The molecule has 0 spiro atoms. The van der Waals surface area contributed by atoms with E-state index in [2.05, 4.69) is 0 Å². The summed E-state index contributed by atoms with van der Waals surface area (Å²) in [7, 11) is -2.97. The van der Waals surface area contributed by atoms with Crippen LogP contribution in [0.3, 0.4) is 0 Å². The molecule has 100 valence electrons. The molecule has 0 aliphatic carbocycles. The van der Waals surface area contributed by atoms with Crippen molar-refractivity contribution < 1.29 is 18.3 Å². The number of rotatable bonds is 4. The van der Waals surface area contributed by atoms with Crippen LogP contribution < -0.4 is 0 Å². The van der Waals surface area contributed by atoms with E-state index < -0.39 is 15.8 Å². The van der Waals surface area contributed by atoms with Crippen molar-refractivity contribution in [2.45, 2.75) is 33.2 Å². The Morgan fingerprint density at radius 1 is 1.41 bits per heavy atom. The van der Waals surface area contributed by atoms with Gasteiger partial charge in [0.25, 0.3) is 0 Å². The molecule has 1 N–H and O–H groups in total. The largest absolute Gasteiger partial charge is 0.480 e. The molecule has 5 nitrogen and oxygen atoms in total. The highest BCUT2D eigenvalue weighted by Gasteiger charge is 2.34. The fraction of sp³-hybridized carbons (Fsp3) is 0.909. The molecule has 1 rings (SSSR count). The highest BCUT2D eigenvalue weighted by atomic mass is 32.2. The molecular weight excluding hydrogens is 242 g/mol. The number of aliphatic carboxylic acids is 1. The van der Waals surface area contributed by atoms with Crippen LogP contribution in [0, 0.1) is 5.41 Å². The molecule has 1 unspecified atom stereocenters. The van der Waals surface area contributed by atoms with E-state index in [9.17, 15) is 13.2 Å². The summed E-state index contributed by atoms with van der Waals surface area (Å²) in [6.07, 6.45) is 0.547. The standard InChI is InChI=1S/C11H21NO4S/c1-11(2,3)8-12(6-10(13)14)9-4-5-17(15,16)7-9/h9H,4-8H2,1-3H3,(H,13,14). The fourth-order valence-corrected chi connectivity index (χ4v) is 3.92. The third kappa shape index (κ3) is 5.04. The maximum atomic E-state index is 11.4. The molecule has 1 saturated heterocycles. The Hall–Kier alpha value is -0.620. The number of carboxylic acids is 1. The van der Waals surface area contributed by atoms with E-state index in [4.69, 9.17) is 5.11 Å². The Kier molecular flexibility index (Phi) is 4.19. The average Bonchev–Trinajstić information content (AvgIpc) is 2.41. The molecule has 0 aromatic rings. The molecule has 0 saturated carbocycles. The second-order valence-corrected chi connectivity index (χ2v) is 8.14. The van der Waals surface area contributed by atoms with Crippen molar-refractivity contribution in [3.05, 3.63) is 0 Å². The van der Waals surface area contributed by atoms with Crippen molar-refractivity contribution in [2.75, 3.05) is 24.6 Å². The van der Waals surface area contributed by atoms with E-state index in [1.54, 1.807) is 4.90 Å². The lowest BCUT2D eigenvalue weighted by atomic mass is 9.95. The number of carbonyl (C=O) groups is 1. The van der Waals surface area contributed by atoms with Crippen molar-refractivity contribution in [3.8, 4) is 0 Å². The van der Waals surface area contributed by atoms with Crippen molar-refractivity contribution >= 4 is 15.8 Å². The van der Waals surface area contributed by atoms with Crippen LogP contribution in [-0.4, -0.2) is 55.0 Å². The topological polar surface area (TPSA) is 74.7 Å². The number of nitrogens with zero attached hydrogens (tertiary/aromatic N) is 1. The maximum Gasteiger partial charge on any atom is 0.317 e. The van der Waals surface area contributed by atoms with Gasteiger partial charge in [-0.1, -0.05) is 20.8 Å². The average molecular weight is 263 g/mol. The molecule has 17 heavy (non-hydrogen) atoms. The Morgan fingerprint density at radius 2 is 2.00 bits per heavy atom. The molecule has 0 aromatic heterocycles. The third-order valence-corrected chi connectivity index (χ3v) is 4.49. The lowest BCUT2D eigenvalue weighted by Crippen LogP contribution is -2.44. The summed E-state index contributed by atoms with van der Waals surface area (Å²) in [5, 5.41) is 8.88. The van der Waals surface area contributed by atoms with Gasteiger partial charge in [-0.25, -0.2) is 8.42 Å². The minimum Gasteiger partial charge on any atom is -0.480 e. The Morgan fingerprint density at radius 3 is 2.35 bits per heavy atom. The van der Waals surface area contributed by atoms with E-state index in [0.29, 0.717) is 13.0 Å². The molecule has 1 aliphatic rings. The van der Waals surface area contributed by atoms with E-state index >= 15 is 0 Å². The molecule has 1 heterocycles. The second-order valence-electron chi connectivity index (χ2n) is 5.92. The molecular formula is C11H21NO4S. The van der Waals surface area contributed by atoms with E-state index in [0.717, 1.165) is 0 Å². The highest BCUT2D eigenvalue weighted by Crippen LogP contribution is 2.22. The van der Waals surface area contributed by atoms with Crippen LogP contribution in [0.25, 0.3) is 0 Å². The highest BCUT2D eigenvalue weighted by molar-refractivity contribution is 7.91. The predicted molar refractivity (Wildman–Crippen MR) is 65.7 cm³/mol. The summed E-state index contributed by atoms with van der Waals surface area (Å²) < 4.78 is 22.8. The molecule has 1 fully saturated rings. The lowest BCUT2D eigenvalue weighted by Gasteiger charge is -2.32. The van der Waals surface area contributed by atoms with Crippen LogP contribution in [0.2, 0.25) is 0 Å². The number of hydrogen-bond acceptors (Lipinski definition) is 4. The summed E-state index contributed by atoms with van der Waals surface area (Å²) in [6, 6.07) is -0.143. The Balaban J connectivity index is 2.73. The summed E-state index contributed by atoms with van der Waals surface area (Å²) in [5.74, 6) is -0.632. The lowest BCUT2D eigenvalue weighted by molar-refractivity contribution is -0.139. The Labute approximate surface area is 103 Å². The first-order chi connectivity index (χ1) is 7.59. The molecule has 0 bridgehead atoms. The van der Waals surface area contributed by atoms with E-state index in [1.807, 2.05) is 20.8 Å². The quantitative estimate of drug-likeness (QED) is 0.804. The van der Waals surface area contributed by atoms with Crippen LogP contribution in [0.5, 0.6) is 0 Å². The van der Waals surface area contributed by atoms with Gasteiger partial charge in [-0.05, 0) is 11.8 Å². The number of hydrogen-bond donors (Lipinski definition) is 1. The van der Waals surface area contributed by atoms with Crippen molar-refractivity contribution in [3.63, 3.8) is 0 Å². The zero-order valence-electron chi connectivity index (χ0n) is 10.6. The first kappa shape index (κ1) is 14.4. The van der Waals surface area contributed by atoms with Crippen LogP contribution in [0.15, 0.2) is 0 Å². The van der Waals surface area contributed by atoms with Crippen LogP contribution in [0.4, 0.5) is 0 Å². The van der Waals surface area contributed by atoms with E-state index in [1.165, 1.54) is 0 Å². The maximum absolute atomic E-state index is 11.4. The number of carboxylic acid groups (broad SMARTS) is 1. The molecule has 6 heteroatoms. The van der Waals surface area contributed by atoms with Crippen molar-refractivity contribution in [2.24, 2.45) is 5.41 Å². The van der Waals surface area contributed by atoms with Gasteiger partial charge in [-0.3, -0.25) is 9.69 Å². The van der Waals surface area contributed by atoms with Crippen molar-refractivity contribution in [1.82, 2.24) is 4.90 Å². The molecule has 1 aliphatic heterocycles. The SMILES string of the molecule is CC(C)(C)CN(CC(=O)O)C1CCS(=O)(=O)C1. The fourth-order valence-electron chi connectivity index (χ4n) is 2.16. The van der Waals surface area contributed by atoms with Crippen LogP contribution in [-0.2, 0) is 14.6 Å². The van der Waals surface area contributed by atoms with Crippen LogP contribution >= 0.6 is 0 Å². The zero-order valence-corrected chi connectivity index (χ0v) is 11.5. The zero-order chi connectivity index (χ0) is 13.3. The van der Waals surface area contributed by atoms with Crippen molar-refractivity contribution in [1.29, 1.82) is 0 Å². The van der Waals surface area contributed by atoms with Crippen LogP contribution in [0.1, 0.15) is 27.2 Å². The first-order valence-corrected chi connectivity index (χ1v) is 7.57. The Bertz CT molecular complexity index is 383. The van der Waals surface area contributed by atoms with Gasteiger partial charge in [0.1, 0.15) is 0 Å². The smallest absolute Gasteiger partial charge is 0.317 e. The van der Waals surface area contributed by atoms with Gasteiger partial charge >= 0.3 is 5.97 Å². The normalized spacial score (nSPS) is 24.1.